The van der Waals surface area contributed by atoms with Crippen LogP contribution in [-0.2, 0) is 0 Å². The van der Waals surface area contributed by atoms with E-state index in [4.69, 9.17) is 0 Å². The quantitative estimate of drug-likeness (QED) is 0.553. The maximum Gasteiger partial charge on any atom is 0.150 e. The smallest absolute Gasteiger partial charge is 0.150 e. The van der Waals surface area contributed by atoms with E-state index < -0.39 is 0 Å². The summed E-state index contributed by atoms with van der Waals surface area (Å²) in [4.78, 5) is 0.425. The highest BCUT2D eigenvalue weighted by Crippen LogP contribution is 2.31. The molecule has 0 radical (unpaired) electrons. The fourth-order valence-corrected chi connectivity index (χ4v) is 3.35. The van der Waals surface area contributed by atoms with Gasteiger partial charge in [0.1, 0.15) is 0 Å². The van der Waals surface area contributed by atoms with E-state index in [1.165, 1.54) is 0 Å². The lowest BCUT2D eigenvalue weighted by Crippen LogP contribution is -1.83. The molecule has 0 saturated heterocycles. The van der Waals surface area contributed by atoms with Gasteiger partial charge in [-0.3, -0.25) is 0 Å². The van der Waals surface area contributed by atoms with Gasteiger partial charge >= 0.3 is 0 Å². The van der Waals surface area contributed by atoms with Crippen molar-refractivity contribution < 1.29 is 4.39 Å². The Balaban J connectivity index is 2.94. The number of hydrogen-bond acceptors (Lipinski definition) is 2. The van der Waals surface area contributed by atoms with Crippen molar-refractivity contribution in [3.63, 3.8) is 0 Å². The molecule has 1 aromatic heterocycles. The second-order valence-corrected chi connectivity index (χ2v) is 4.86. The van der Waals surface area contributed by atoms with Crippen LogP contribution in [-0.4, -0.2) is 0 Å². The lowest BCUT2D eigenvalue weighted by molar-refractivity contribution is 0.598. The molecular formula is C8H4FIS2. The standard InChI is InChI=1S/C8H4FIS2/c9-7-5(11)3-6-4(8(7)10)1-2-12-6/h1-3,11H. The summed E-state index contributed by atoms with van der Waals surface area (Å²) in [6, 6.07) is 3.69. The summed E-state index contributed by atoms with van der Waals surface area (Å²) in [6.07, 6.45) is 0. The molecule has 0 aliphatic rings. The number of thiophene rings is 1. The molecule has 1 aromatic carbocycles. The van der Waals surface area contributed by atoms with E-state index in [1.807, 2.05) is 34.0 Å². The highest BCUT2D eigenvalue weighted by molar-refractivity contribution is 14.1. The first-order chi connectivity index (χ1) is 5.70. The van der Waals surface area contributed by atoms with Crippen LogP contribution in [0, 0.1) is 9.39 Å². The van der Waals surface area contributed by atoms with Crippen LogP contribution in [0.15, 0.2) is 22.4 Å². The third-order valence-electron chi connectivity index (χ3n) is 1.62. The lowest BCUT2D eigenvalue weighted by atomic mass is 10.2. The first kappa shape index (κ1) is 8.77. The molecule has 2 rings (SSSR count). The van der Waals surface area contributed by atoms with Crippen molar-refractivity contribution >= 4 is 56.6 Å². The minimum absolute atomic E-state index is 0.218. The molecule has 2 aromatic rings. The minimum atomic E-state index is -0.218. The van der Waals surface area contributed by atoms with E-state index in [9.17, 15) is 4.39 Å². The van der Waals surface area contributed by atoms with E-state index in [0.29, 0.717) is 8.47 Å². The Morgan fingerprint density at radius 3 is 3.00 bits per heavy atom. The van der Waals surface area contributed by atoms with Gasteiger partial charge in [0.15, 0.2) is 5.82 Å². The van der Waals surface area contributed by atoms with Crippen LogP contribution in [0.25, 0.3) is 10.1 Å². The van der Waals surface area contributed by atoms with E-state index in [-0.39, 0.29) is 5.82 Å². The summed E-state index contributed by atoms with van der Waals surface area (Å²) >= 11 is 7.66. The third kappa shape index (κ3) is 1.25. The largest absolute Gasteiger partial charge is 0.205 e. The molecule has 0 aliphatic carbocycles. The molecule has 12 heavy (non-hydrogen) atoms. The molecule has 0 bridgehead atoms. The zero-order valence-corrected chi connectivity index (χ0v) is 9.71. The molecule has 1 heterocycles. The Morgan fingerprint density at radius 1 is 1.50 bits per heavy atom. The van der Waals surface area contributed by atoms with Gasteiger partial charge in [-0.15, -0.1) is 24.0 Å². The minimum Gasteiger partial charge on any atom is -0.205 e. The fourth-order valence-electron chi connectivity index (χ4n) is 1.03. The predicted molar refractivity (Wildman–Crippen MR) is 61.8 cm³/mol. The van der Waals surface area contributed by atoms with E-state index >= 15 is 0 Å². The normalized spacial score (nSPS) is 10.9. The van der Waals surface area contributed by atoms with Gasteiger partial charge in [0, 0.05) is 15.0 Å². The van der Waals surface area contributed by atoms with Crippen LogP contribution in [0.3, 0.4) is 0 Å². The maximum atomic E-state index is 13.3. The maximum absolute atomic E-state index is 13.3. The lowest BCUT2D eigenvalue weighted by Gasteiger charge is -1.99. The summed E-state index contributed by atoms with van der Waals surface area (Å²) < 4.78 is 15.0. The van der Waals surface area contributed by atoms with Gasteiger partial charge in [-0.25, -0.2) is 4.39 Å². The van der Waals surface area contributed by atoms with Crippen LogP contribution >= 0.6 is 46.6 Å². The fraction of sp³-hybridized carbons (Fsp3) is 0. The number of hydrogen-bond donors (Lipinski definition) is 1. The van der Waals surface area contributed by atoms with Crippen LogP contribution in [0.1, 0.15) is 0 Å². The predicted octanol–water partition coefficient (Wildman–Crippen LogP) is 3.93. The van der Waals surface area contributed by atoms with Crippen molar-refractivity contribution in [2.45, 2.75) is 4.90 Å². The summed E-state index contributed by atoms with van der Waals surface area (Å²) in [5.41, 5.74) is 0. The molecule has 0 atom stereocenters. The van der Waals surface area contributed by atoms with Crippen molar-refractivity contribution in [2.75, 3.05) is 0 Å². The molecule has 0 spiro atoms. The number of benzene rings is 1. The highest BCUT2D eigenvalue weighted by atomic mass is 127. The second-order valence-electron chi connectivity index (χ2n) is 2.36. The molecule has 0 aliphatic heterocycles. The molecule has 0 nitrogen and oxygen atoms in total. The van der Waals surface area contributed by atoms with Gasteiger partial charge in [0.05, 0.1) is 3.57 Å². The first-order valence-electron chi connectivity index (χ1n) is 3.24. The zero-order chi connectivity index (χ0) is 8.72. The molecular weight excluding hydrogens is 306 g/mol. The van der Waals surface area contributed by atoms with E-state index in [1.54, 1.807) is 17.4 Å². The van der Waals surface area contributed by atoms with Crippen LogP contribution in [0.4, 0.5) is 4.39 Å². The van der Waals surface area contributed by atoms with Gasteiger partial charge in [-0.05, 0) is 40.1 Å². The number of fused-ring (bicyclic) bond motifs is 1. The molecule has 0 amide bonds. The summed E-state index contributed by atoms with van der Waals surface area (Å²) in [5.74, 6) is -0.218. The summed E-state index contributed by atoms with van der Waals surface area (Å²) in [6.45, 7) is 0. The van der Waals surface area contributed by atoms with Gasteiger partial charge in [0.2, 0.25) is 0 Å². The Labute approximate surface area is 92.3 Å². The van der Waals surface area contributed by atoms with Crippen molar-refractivity contribution in [3.8, 4) is 0 Å². The van der Waals surface area contributed by atoms with E-state index in [2.05, 4.69) is 12.6 Å². The van der Waals surface area contributed by atoms with Crippen molar-refractivity contribution in [1.29, 1.82) is 0 Å². The molecule has 62 valence electrons. The SMILES string of the molecule is Fc1c(S)cc2sccc2c1I. The Hall–Kier alpha value is 0.190. The zero-order valence-electron chi connectivity index (χ0n) is 5.84. The summed E-state index contributed by atoms with van der Waals surface area (Å²) in [7, 11) is 0. The van der Waals surface area contributed by atoms with Crippen molar-refractivity contribution in [3.05, 3.63) is 26.9 Å². The molecule has 0 N–H and O–H groups in total. The average molecular weight is 310 g/mol. The first-order valence-corrected chi connectivity index (χ1v) is 5.65. The third-order valence-corrected chi connectivity index (χ3v) is 3.86. The van der Waals surface area contributed by atoms with Gasteiger partial charge < -0.3 is 0 Å². The number of rotatable bonds is 0. The molecule has 4 heteroatoms. The number of halogens is 2. The van der Waals surface area contributed by atoms with Crippen LogP contribution in [0.2, 0.25) is 0 Å². The molecule has 0 fully saturated rings. The summed E-state index contributed by atoms with van der Waals surface area (Å²) in [5, 5.41) is 2.94. The van der Waals surface area contributed by atoms with Gasteiger partial charge in [0.25, 0.3) is 0 Å². The molecule has 0 unspecified atom stereocenters. The number of thiol groups is 1. The average Bonchev–Trinajstić information content (AvgIpc) is 2.48. The monoisotopic (exact) mass is 310 g/mol. The van der Waals surface area contributed by atoms with Gasteiger partial charge in [-0.2, -0.15) is 0 Å². The highest BCUT2D eigenvalue weighted by Gasteiger charge is 2.08. The van der Waals surface area contributed by atoms with Gasteiger partial charge in [-0.1, -0.05) is 0 Å². The topological polar surface area (TPSA) is 0 Å². The molecule has 0 saturated carbocycles. The van der Waals surface area contributed by atoms with E-state index in [0.717, 1.165) is 10.1 Å². The van der Waals surface area contributed by atoms with Crippen LogP contribution < -0.4 is 0 Å². The Kier molecular flexibility index (Phi) is 2.31. The second kappa shape index (κ2) is 3.16. The van der Waals surface area contributed by atoms with Crippen molar-refractivity contribution in [1.82, 2.24) is 0 Å². The van der Waals surface area contributed by atoms with Crippen molar-refractivity contribution in [2.24, 2.45) is 0 Å². The van der Waals surface area contributed by atoms with Crippen LogP contribution in [0.5, 0.6) is 0 Å². The Bertz CT molecular complexity index is 436. The Morgan fingerprint density at radius 2 is 2.25 bits per heavy atom.